The lowest BCUT2D eigenvalue weighted by Gasteiger charge is -2.39. The number of nitrogens with one attached hydrogen (secondary N) is 4. The number of hydrogen-bond acceptors (Lipinski definition) is 8. The predicted octanol–water partition coefficient (Wildman–Crippen LogP) is 3.60. The Morgan fingerprint density at radius 3 is 2.62 bits per heavy atom. The molecular weight excluding hydrogens is 486 g/mol. The average molecular weight is 517 g/mol. The number of hydrogen-bond donors (Lipinski definition) is 4. The summed E-state index contributed by atoms with van der Waals surface area (Å²) < 4.78 is 13.8. The van der Waals surface area contributed by atoms with Crippen molar-refractivity contribution in [1.29, 1.82) is 10.8 Å². The number of aromatic nitrogens is 2. The van der Waals surface area contributed by atoms with Crippen LogP contribution in [0.2, 0.25) is 0 Å². The zero-order valence-electron chi connectivity index (χ0n) is 21.0. The van der Waals surface area contributed by atoms with Crippen molar-refractivity contribution in [1.82, 2.24) is 15.3 Å². The first-order chi connectivity index (χ1) is 17.8. The van der Waals surface area contributed by atoms with Crippen molar-refractivity contribution in [2.75, 3.05) is 23.8 Å². The molecule has 0 spiro atoms. The van der Waals surface area contributed by atoms with Crippen LogP contribution in [0.3, 0.4) is 0 Å². The molecule has 0 bridgehead atoms. The topological polar surface area (TPSA) is 113 Å². The van der Waals surface area contributed by atoms with Crippen LogP contribution >= 0.6 is 9.24 Å². The third-order valence-electron chi connectivity index (χ3n) is 6.37. The van der Waals surface area contributed by atoms with E-state index in [0.717, 1.165) is 16.9 Å². The van der Waals surface area contributed by atoms with Gasteiger partial charge in [-0.2, -0.15) is 0 Å². The smallest absolute Gasteiger partial charge is 0.139 e. The maximum atomic E-state index is 13.8. The zero-order valence-corrected chi connectivity index (χ0v) is 22.2. The van der Waals surface area contributed by atoms with Crippen molar-refractivity contribution in [3.63, 3.8) is 0 Å². The average Bonchev–Trinajstić information content (AvgIpc) is 2.89. The van der Waals surface area contributed by atoms with E-state index in [-0.39, 0.29) is 24.1 Å². The molecule has 3 aromatic rings. The van der Waals surface area contributed by atoms with Crippen molar-refractivity contribution in [2.45, 2.75) is 25.9 Å². The van der Waals surface area contributed by atoms with Crippen molar-refractivity contribution in [3.05, 3.63) is 89.1 Å². The summed E-state index contributed by atoms with van der Waals surface area (Å²) in [5.74, 6) is 0.795. The minimum atomic E-state index is -0.419. The van der Waals surface area contributed by atoms with Crippen molar-refractivity contribution >= 4 is 43.9 Å². The van der Waals surface area contributed by atoms with Gasteiger partial charge in [-0.3, -0.25) is 15.3 Å². The molecule has 2 heterocycles. The summed E-state index contributed by atoms with van der Waals surface area (Å²) in [5.41, 5.74) is 5.01. The number of amidine groups is 1. The lowest BCUT2D eigenvalue weighted by atomic mass is 10.0. The molecule has 4 N–H and O–H groups in total. The van der Waals surface area contributed by atoms with Crippen LogP contribution < -0.4 is 21.0 Å². The molecule has 0 fully saturated rings. The summed E-state index contributed by atoms with van der Waals surface area (Å²) >= 11 is 0. The van der Waals surface area contributed by atoms with Gasteiger partial charge < -0.3 is 16.0 Å². The van der Waals surface area contributed by atoms with Gasteiger partial charge in [-0.25, -0.2) is 14.4 Å². The summed E-state index contributed by atoms with van der Waals surface area (Å²) in [6.45, 7) is 8.30. The summed E-state index contributed by atoms with van der Waals surface area (Å²) in [5, 5.41) is 23.3. The van der Waals surface area contributed by atoms with Crippen LogP contribution in [-0.2, 0) is 0 Å². The Morgan fingerprint density at radius 2 is 1.95 bits per heavy atom. The van der Waals surface area contributed by atoms with Crippen LogP contribution in [0.1, 0.15) is 22.3 Å². The molecule has 0 saturated heterocycles. The lowest BCUT2D eigenvalue weighted by Crippen LogP contribution is -2.53. The van der Waals surface area contributed by atoms with E-state index in [2.05, 4.69) is 36.4 Å². The van der Waals surface area contributed by atoms with Gasteiger partial charge in [0.05, 0.1) is 29.3 Å². The van der Waals surface area contributed by atoms with Crippen LogP contribution in [-0.4, -0.2) is 53.4 Å². The molecule has 3 atom stereocenters. The van der Waals surface area contributed by atoms with Gasteiger partial charge >= 0.3 is 0 Å². The summed E-state index contributed by atoms with van der Waals surface area (Å²) in [7, 11) is 4.37. The van der Waals surface area contributed by atoms with E-state index >= 15 is 0 Å². The third-order valence-corrected chi connectivity index (χ3v) is 6.81. The second-order valence-corrected chi connectivity index (χ2v) is 9.30. The Kier molecular flexibility index (Phi) is 7.86. The predicted molar refractivity (Wildman–Crippen MR) is 153 cm³/mol. The highest BCUT2D eigenvalue weighted by atomic mass is 31.0. The second-order valence-electron chi connectivity index (χ2n) is 8.76. The first kappa shape index (κ1) is 26.3. The number of halogens is 1. The standard InChI is InChI=1S/C27H30FN8P/c1-15-7-5-6-8-21(15)36-17(3)25(31-4)20(12-29)35-22(36)13-32-26-23(27(37)34-14-33-26)24(30)18-9-10-19(28)16(2)11-18/h5-12,14,20,25,29-31H,3,13,37H2,1-2,4H3,(H,32,33,34). The van der Waals surface area contributed by atoms with Gasteiger partial charge in [-0.1, -0.05) is 34.0 Å². The number of aryl methyl sites for hydroxylation is 2. The SMILES string of the molecule is C=C1C(NC)C(C=N)N=C(CNc2ncnc(P)c2C(=N)c2ccc(F)c(C)c2)N1c1ccccc1C. The molecule has 37 heavy (non-hydrogen) atoms. The zero-order chi connectivity index (χ0) is 26.7. The Labute approximate surface area is 218 Å². The molecule has 0 aliphatic carbocycles. The van der Waals surface area contributed by atoms with E-state index in [1.54, 1.807) is 19.1 Å². The van der Waals surface area contributed by atoms with E-state index < -0.39 is 6.04 Å². The van der Waals surface area contributed by atoms with E-state index in [1.807, 2.05) is 43.1 Å². The van der Waals surface area contributed by atoms with Crippen LogP contribution in [0, 0.1) is 30.5 Å². The Bertz CT molecular complexity index is 1400. The summed E-state index contributed by atoms with van der Waals surface area (Å²) in [6, 6.07) is 11.9. The molecule has 190 valence electrons. The second kappa shape index (κ2) is 11.1. The molecular formula is C27H30FN8P. The van der Waals surface area contributed by atoms with Crippen LogP contribution in [0.5, 0.6) is 0 Å². The number of benzene rings is 2. The van der Waals surface area contributed by atoms with Crippen LogP contribution in [0.15, 0.2) is 66.1 Å². The molecule has 1 aliphatic heterocycles. The van der Waals surface area contributed by atoms with Gasteiger partial charge in [-0.05, 0) is 56.3 Å². The molecule has 1 aliphatic rings. The Hall–Kier alpha value is -3.81. The monoisotopic (exact) mass is 516 g/mol. The fraction of sp³-hybridized carbons (Fsp3) is 0.222. The molecule has 2 aromatic carbocycles. The molecule has 1 aromatic heterocycles. The van der Waals surface area contributed by atoms with Gasteiger partial charge in [0.15, 0.2) is 0 Å². The number of aliphatic imine (C=N–C) groups is 1. The number of anilines is 2. The summed E-state index contributed by atoms with van der Waals surface area (Å²) in [6.07, 6.45) is 2.74. The minimum absolute atomic E-state index is 0.176. The van der Waals surface area contributed by atoms with E-state index in [0.29, 0.717) is 33.8 Å². The molecule has 4 rings (SSSR count). The first-order valence-electron chi connectivity index (χ1n) is 11.8. The third kappa shape index (κ3) is 5.19. The van der Waals surface area contributed by atoms with Gasteiger partial charge in [0.1, 0.15) is 29.8 Å². The fourth-order valence-corrected chi connectivity index (χ4v) is 4.74. The molecule has 0 radical (unpaired) electrons. The normalized spacial score (nSPS) is 17.4. The molecule has 3 unspecified atom stereocenters. The minimum Gasteiger partial charge on any atom is -0.362 e. The quantitative estimate of drug-likeness (QED) is 0.270. The molecule has 8 nitrogen and oxygen atoms in total. The molecule has 0 saturated carbocycles. The maximum absolute atomic E-state index is 13.8. The van der Waals surface area contributed by atoms with Gasteiger partial charge in [0, 0.05) is 23.2 Å². The number of nitrogens with zero attached hydrogens (tertiary/aromatic N) is 4. The highest BCUT2D eigenvalue weighted by molar-refractivity contribution is 7.27. The Morgan fingerprint density at radius 1 is 1.19 bits per heavy atom. The largest absolute Gasteiger partial charge is 0.362 e. The summed E-state index contributed by atoms with van der Waals surface area (Å²) in [4.78, 5) is 15.5. The van der Waals surface area contributed by atoms with Gasteiger partial charge in [0.25, 0.3) is 0 Å². The highest BCUT2D eigenvalue weighted by Crippen LogP contribution is 2.29. The first-order valence-corrected chi connectivity index (χ1v) is 12.3. The van der Waals surface area contributed by atoms with E-state index in [9.17, 15) is 4.39 Å². The molecule has 0 amide bonds. The number of para-hydroxylation sites is 1. The van der Waals surface area contributed by atoms with Gasteiger partial charge in [0.2, 0.25) is 0 Å². The highest BCUT2D eigenvalue weighted by Gasteiger charge is 2.33. The Balaban J connectivity index is 1.71. The van der Waals surface area contributed by atoms with E-state index in [1.165, 1.54) is 18.6 Å². The van der Waals surface area contributed by atoms with Gasteiger partial charge in [-0.15, -0.1) is 0 Å². The van der Waals surface area contributed by atoms with Crippen LogP contribution in [0.4, 0.5) is 15.9 Å². The lowest BCUT2D eigenvalue weighted by molar-refractivity contribution is 0.578. The van der Waals surface area contributed by atoms with Crippen LogP contribution in [0.25, 0.3) is 0 Å². The van der Waals surface area contributed by atoms with E-state index in [4.69, 9.17) is 15.8 Å². The molecule has 10 heteroatoms. The maximum Gasteiger partial charge on any atom is 0.139 e. The fourth-order valence-electron chi connectivity index (χ4n) is 4.40. The number of rotatable bonds is 8. The number of likely N-dealkylation sites (N-methyl/N-ethyl adjacent to an activating group) is 1. The van der Waals surface area contributed by atoms with Crippen molar-refractivity contribution in [3.8, 4) is 0 Å². The van der Waals surface area contributed by atoms with Crippen molar-refractivity contribution in [2.24, 2.45) is 4.99 Å². The van der Waals surface area contributed by atoms with Crippen molar-refractivity contribution < 1.29 is 4.39 Å².